The normalized spacial score (nSPS) is 14.9. The molecule has 0 fully saturated rings. The Balaban J connectivity index is 1.63. The van der Waals surface area contributed by atoms with Crippen molar-refractivity contribution in [1.82, 2.24) is 9.88 Å². The standard InChI is InChI=1S/C20H25N3O4S2/c1-14-20(22-15(2)24)18(27-23-14)10-8-17-9-11-19(28-17)29(25,26)21-13-12-16-6-4-3-5-7-16/h6,8-11,21H,3-5,7,12-13H2,1-2H3,(H,22,24). The number of allylic oxidation sites excluding steroid dienone is 1. The molecular weight excluding hydrogens is 410 g/mol. The van der Waals surface area contributed by atoms with Crippen LogP contribution in [0.15, 0.2) is 32.5 Å². The Morgan fingerprint density at radius 1 is 1.31 bits per heavy atom. The van der Waals surface area contributed by atoms with Gasteiger partial charge >= 0.3 is 0 Å². The maximum atomic E-state index is 12.5. The van der Waals surface area contributed by atoms with Gasteiger partial charge in [0.25, 0.3) is 0 Å². The summed E-state index contributed by atoms with van der Waals surface area (Å²) in [6.07, 6.45) is 11.0. The van der Waals surface area contributed by atoms with Gasteiger partial charge in [0, 0.05) is 18.3 Å². The van der Waals surface area contributed by atoms with Crippen LogP contribution in [0.25, 0.3) is 12.2 Å². The summed E-state index contributed by atoms with van der Waals surface area (Å²) in [5, 5.41) is 6.53. The van der Waals surface area contributed by atoms with Crippen molar-refractivity contribution in [1.29, 1.82) is 0 Å². The summed E-state index contributed by atoms with van der Waals surface area (Å²) >= 11 is 1.17. The quantitative estimate of drug-likeness (QED) is 0.601. The van der Waals surface area contributed by atoms with Crippen LogP contribution in [-0.4, -0.2) is 26.0 Å². The molecule has 29 heavy (non-hydrogen) atoms. The second-order valence-corrected chi connectivity index (χ2v) is 10.0. The number of thiophene rings is 1. The Hall–Kier alpha value is -2.23. The van der Waals surface area contributed by atoms with Crippen molar-refractivity contribution in [2.75, 3.05) is 11.9 Å². The lowest BCUT2D eigenvalue weighted by molar-refractivity contribution is -0.114. The van der Waals surface area contributed by atoms with E-state index in [0.717, 1.165) is 24.1 Å². The van der Waals surface area contributed by atoms with Crippen LogP contribution in [0.2, 0.25) is 0 Å². The maximum Gasteiger partial charge on any atom is 0.250 e. The predicted molar refractivity (Wildman–Crippen MR) is 115 cm³/mol. The van der Waals surface area contributed by atoms with Gasteiger partial charge in [-0.15, -0.1) is 11.3 Å². The number of nitrogens with one attached hydrogen (secondary N) is 2. The minimum atomic E-state index is -3.53. The number of hydrogen-bond acceptors (Lipinski definition) is 6. The Bertz CT molecular complexity index is 1030. The Morgan fingerprint density at radius 3 is 2.86 bits per heavy atom. The number of nitrogens with zero attached hydrogens (tertiary/aromatic N) is 1. The van der Waals surface area contributed by atoms with Crippen molar-refractivity contribution < 1.29 is 17.7 Å². The van der Waals surface area contributed by atoms with Crippen LogP contribution in [0, 0.1) is 6.92 Å². The fourth-order valence-electron chi connectivity index (χ4n) is 3.10. The summed E-state index contributed by atoms with van der Waals surface area (Å²) < 4.78 is 33.2. The van der Waals surface area contributed by atoms with Crippen molar-refractivity contribution in [2.24, 2.45) is 0 Å². The molecule has 1 aliphatic rings. The van der Waals surface area contributed by atoms with Gasteiger partial charge in [0.15, 0.2) is 5.76 Å². The van der Waals surface area contributed by atoms with Crippen molar-refractivity contribution in [3.05, 3.63) is 40.1 Å². The number of anilines is 1. The number of sulfonamides is 1. The fourth-order valence-corrected chi connectivity index (χ4v) is 5.41. The van der Waals surface area contributed by atoms with E-state index in [2.05, 4.69) is 21.3 Å². The molecule has 1 amide bonds. The highest BCUT2D eigenvalue weighted by Gasteiger charge is 2.17. The highest BCUT2D eigenvalue weighted by atomic mass is 32.2. The van der Waals surface area contributed by atoms with Gasteiger partial charge in [-0.1, -0.05) is 16.8 Å². The smallest absolute Gasteiger partial charge is 0.250 e. The third-order valence-electron chi connectivity index (χ3n) is 4.58. The zero-order chi connectivity index (χ0) is 20.9. The van der Waals surface area contributed by atoms with Gasteiger partial charge in [0.05, 0.1) is 0 Å². The van der Waals surface area contributed by atoms with Crippen LogP contribution < -0.4 is 10.0 Å². The molecule has 0 saturated carbocycles. The molecule has 2 aromatic heterocycles. The van der Waals surface area contributed by atoms with E-state index >= 15 is 0 Å². The molecule has 0 aliphatic heterocycles. The number of aryl methyl sites for hydroxylation is 1. The first kappa shape index (κ1) is 21.5. The molecule has 0 aromatic carbocycles. The van der Waals surface area contributed by atoms with Gasteiger partial charge in [0.2, 0.25) is 15.9 Å². The van der Waals surface area contributed by atoms with Gasteiger partial charge in [-0.05, 0) is 63.3 Å². The molecule has 3 rings (SSSR count). The van der Waals surface area contributed by atoms with E-state index in [-0.39, 0.29) is 10.1 Å². The van der Waals surface area contributed by atoms with E-state index in [1.165, 1.54) is 36.7 Å². The molecule has 0 saturated heterocycles. The lowest BCUT2D eigenvalue weighted by Gasteiger charge is -2.12. The molecule has 2 heterocycles. The first-order valence-electron chi connectivity index (χ1n) is 9.54. The van der Waals surface area contributed by atoms with E-state index in [1.54, 1.807) is 31.2 Å². The lowest BCUT2D eigenvalue weighted by Crippen LogP contribution is -2.24. The molecule has 0 bridgehead atoms. The van der Waals surface area contributed by atoms with Gasteiger partial charge in [0.1, 0.15) is 15.6 Å². The van der Waals surface area contributed by atoms with E-state index in [1.807, 2.05) is 0 Å². The van der Waals surface area contributed by atoms with Crippen molar-refractivity contribution in [3.8, 4) is 0 Å². The monoisotopic (exact) mass is 435 g/mol. The molecule has 2 aromatic rings. The third kappa shape index (κ3) is 5.88. The molecule has 0 spiro atoms. The minimum Gasteiger partial charge on any atom is -0.354 e. The van der Waals surface area contributed by atoms with Crippen LogP contribution in [-0.2, 0) is 14.8 Å². The molecule has 9 heteroatoms. The SMILES string of the molecule is CC(=O)Nc1c(C)noc1C=Cc1ccc(S(=O)(=O)NCCC2=CCCCC2)s1. The van der Waals surface area contributed by atoms with E-state index in [4.69, 9.17) is 4.52 Å². The topological polar surface area (TPSA) is 101 Å². The molecule has 0 unspecified atom stereocenters. The zero-order valence-electron chi connectivity index (χ0n) is 16.5. The van der Waals surface area contributed by atoms with E-state index in [0.29, 0.717) is 23.7 Å². The summed E-state index contributed by atoms with van der Waals surface area (Å²) in [6, 6.07) is 3.33. The number of carbonyl (C=O) groups excluding carboxylic acids is 1. The molecule has 1 aliphatic carbocycles. The largest absolute Gasteiger partial charge is 0.354 e. The zero-order valence-corrected chi connectivity index (χ0v) is 18.2. The van der Waals surface area contributed by atoms with Gasteiger partial charge in [-0.25, -0.2) is 13.1 Å². The molecule has 2 N–H and O–H groups in total. The van der Waals surface area contributed by atoms with Crippen LogP contribution in [0.3, 0.4) is 0 Å². The first-order chi connectivity index (χ1) is 13.8. The summed E-state index contributed by atoms with van der Waals surface area (Å²) in [5.74, 6) is 0.194. The number of aromatic nitrogens is 1. The number of amides is 1. The predicted octanol–water partition coefficient (Wildman–Crippen LogP) is 4.34. The second-order valence-electron chi connectivity index (χ2n) is 6.93. The molecule has 0 atom stereocenters. The summed E-state index contributed by atoms with van der Waals surface area (Å²) in [5.41, 5.74) is 2.43. The van der Waals surface area contributed by atoms with Crippen molar-refractivity contribution >= 4 is 45.1 Å². The van der Waals surface area contributed by atoms with Gasteiger partial charge in [-0.2, -0.15) is 0 Å². The summed E-state index contributed by atoms with van der Waals surface area (Å²) in [7, 11) is -3.53. The fraction of sp³-hybridized carbons (Fsp3) is 0.400. The number of rotatable bonds is 8. The molecular formula is C20H25N3O4S2. The van der Waals surface area contributed by atoms with Crippen molar-refractivity contribution in [3.63, 3.8) is 0 Å². The second kappa shape index (κ2) is 9.51. The highest BCUT2D eigenvalue weighted by molar-refractivity contribution is 7.91. The average molecular weight is 436 g/mol. The lowest BCUT2D eigenvalue weighted by atomic mass is 9.97. The van der Waals surface area contributed by atoms with E-state index < -0.39 is 10.0 Å². The van der Waals surface area contributed by atoms with Crippen LogP contribution in [0.5, 0.6) is 0 Å². The summed E-state index contributed by atoms with van der Waals surface area (Å²) in [4.78, 5) is 12.1. The maximum absolute atomic E-state index is 12.5. The van der Waals surface area contributed by atoms with E-state index in [9.17, 15) is 13.2 Å². The van der Waals surface area contributed by atoms with Crippen LogP contribution in [0.1, 0.15) is 55.4 Å². The Kier molecular flexibility index (Phi) is 7.05. The minimum absolute atomic E-state index is 0.217. The van der Waals surface area contributed by atoms with Crippen LogP contribution in [0.4, 0.5) is 5.69 Å². The molecule has 156 valence electrons. The average Bonchev–Trinajstić information content (AvgIpc) is 3.29. The summed E-state index contributed by atoms with van der Waals surface area (Å²) in [6.45, 7) is 3.56. The Labute approximate surface area is 174 Å². The van der Waals surface area contributed by atoms with Crippen LogP contribution >= 0.6 is 11.3 Å². The number of carbonyl (C=O) groups is 1. The molecule has 0 radical (unpaired) electrons. The highest BCUT2D eigenvalue weighted by Crippen LogP contribution is 2.26. The molecule has 7 nitrogen and oxygen atoms in total. The third-order valence-corrected chi connectivity index (χ3v) is 7.58. The van der Waals surface area contributed by atoms with Crippen molar-refractivity contribution in [2.45, 2.75) is 50.2 Å². The van der Waals surface area contributed by atoms with Gasteiger partial charge < -0.3 is 9.84 Å². The Morgan fingerprint density at radius 2 is 2.14 bits per heavy atom. The first-order valence-corrected chi connectivity index (χ1v) is 11.8. The number of hydrogen-bond donors (Lipinski definition) is 2. The van der Waals surface area contributed by atoms with Gasteiger partial charge in [-0.3, -0.25) is 4.79 Å².